The zero-order valence-electron chi connectivity index (χ0n) is 28.5. The quantitative estimate of drug-likeness (QED) is 0.0991. The van der Waals surface area contributed by atoms with Gasteiger partial charge in [-0.3, -0.25) is 29.3 Å². The van der Waals surface area contributed by atoms with E-state index in [1.54, 1.807) is 54.6 Å². The molecule has 53 heavy (non-hydrogen) atoms. The highest BCUT2D eigenvalue weighted by molar-refractivity contribution is 6.32. The molecule has 2 saturated heterocycles. The third-order valence-electron chi connectivity index (χ3n) is 11.3. The lowest BCUT2D eigenvalue weighted by molar-refractivity contribution is -0.384. The van der Waals surface area contributed by atoms with Crippen LogP contribution in [0.25, 0.3) is 0 Å². The van der Waals surface area contributed by atoms with E-state index in [0.717, 1.165) is 9.80 Å². The molecule has 6 unspecified atom stereocenters. The molecule has 4 aliphatic rings. The number of carbonyl (C=O) groups excluding carboxylic acids is 4. The molecular formula is C40H32ClN3O9. The van der Waals surface area contributed by atoms with Crippen molar-refractivity contribution >= 4 is 52.3 Å². The Kier molecular flexibility index (Phi) is 8.10. The number of carbonyl (C=O) groups is 4. The van der Waals surface area contributed by atoms with E-state index in [4.69, 9.17) is 21.1 Å². The van der Waals surface area contributed by atoms with Crippen LogP contribution in [0.1, 0.15) is 29.9 Å². The van der Waals surface area contributed by atoms with E-state index in [1.807, 2.05) is 6.08 Å². The van der Waals surface area contributed by atoms with Gasteiger partial charge >= 0.3 is 0 Å². The summed E-state index contributed by atoms with van der Waals surface area (Å²) in [5.41, 5.74) is -0.255. The van der Waals surface area contributed by atoms with Crippen molar-refractivity contribution in [2.75, 3.05) is 24.0 Å². The van der Waals surface area contributed by atoms with Gasteiger partial charge < -0.3 is 14.6 Å². The maximum absolute atomic E-state index is 15.4. The fraction of sp³-hybridized carbons (Fsp3) is 0.250. The Balaban J connectivity index is 1.38. The van der Waals surface area contributed by atoms with Gasteiger partial charge in [-0.15, -0.1) is 0 Å². The number of benzene rings is 4. The largest absolute Gasteiger partial charge is 0.507 e. The number of amides is 4. The number of imide groups is 2. The molecule has 0 aromatic heterocycles. The summed E-state index contributed by atoms with van der Waals surface area (Å²) in [5, 5.41) is 23.8. The Bertz CT molecular complexity index is 2280. The number of phenols is 1. The minimum absolute atomic E-state index is 0.0149. The number of nitro groups is 1. The predicted octanol–water partition coefficient (Wildman–Crippen LogP) is 6.34. The van der Waals surface area contributed by atoms with Crippen molar-refractivity contribution < 1.29 is 38.7 Å². The van der Waals surface area contributed by atoms with Crippen LogP contribution in [0.3, 0.4) is 0 Å². The Hall–Kier alpha value is -6.01. The topological polar surface area (TPSA) is 157 Å². The van der Waals surface area contributed by atoms with Gasteiger partial charge in [0.1, 0.15) is 17.2 Å². The monoisotopic (exact) mass is 733 g/mol. The highest BCUT2D eigenvalue weighted by atomic mass is 35.5. The number of anilines is 2. The second kappa shape index (κ2) is 12.6. The molecule has 268 valence electrons. The number of hydrogen-bond acceptors (Lipinski definition) is 9. The molecule has 6 atom stereocenters. The van der Waals surface area contributed by atoms with Crippen molar-refractivity contribution in [2.45, 2.75) is 24.2 Å². The minimum Gasteiger partial charge on any atom is -0.507 e. The number of fused-ring (bicyclic) bond motifs is 4. The predicted molar refractivity (Wildman–Crippen MR) is 193 cm³/mol. The number of aromatic hydroxyl groups is 1. The molecule has 4 amide bonds. The van der Waals surface area contributed by atoms with Gasteiger partial charge in [0.2, 0.25) is 23.6 Å². The zero-order valence-corrected chi connectivity index (χ0v) is 29.2. The number of methoxy groups -OCH3 is 2. The second-order valence-electron chi connectivity index (χ2n) is 13.6. The van der Waals surface area contributed by atoms with Gasteiger partial charge in [-0.25, -0.2) is 9.80 Å². The molecular weight excluding hydrogens is 702 g/mol. The molecule has 0 bridgehead atoms. The van der Waals surface area contributed by atoms with Gasteiger partial charge in [0, 0.05) is 40.8 Å². The molecule has 2 aliphatic heterocycles. The molecule has 4 aromatic carbocycles. The van der Waals surface area contributed by atoms with Crippen molar-refractivity contribution in [1.82, 2.24) is 0 Å². The first-order valence-corrected chi connectivity index (χ1v) is 17.4. The smallest absolute Gasteiger partial charge is 0.271 e. The van der Waals surface area contributed by atoms with Crippen molar-refractivity contribution in [3.63, 3.8) is 0 Å². The number of allylic oxidation sites excluding steroid dienone is 2. The van der Waals surface area contributed by atoms with E-state index >= 15 is 4.79 Å². The average Bonchev–Trinajstić information content (AvgIpc) is 3.55. The van der Waals surface area contributed by atoms with Crippen LogP contribution in [-0.4, -0.2) is 47.9 Å². The lowest BCUT2D eigenvalue weighted by atomic mass is 9.49. The van der Waals surface area contributed by atoms with Crippen LogP contribution in [-0.2, 0) is 24.6 Å². The fourth-order valence-electron chi connectivity index (χ4n) is 9.22. The molecule has 3 fully saturated rings. The van der Waals surface area contributed by atoms with E-state index in [-0.39, 0.29) is 52.7 Å². The van der Waals surface area contributed by atoms with Crippen molar-refractivity contribution in [3.05, 3.63) is 129 Å². The number of rotatable bonds is 7. The second-order valence-corrected chi connectivity index (χ2v) is 14.1. The number of nitrogens with zero attached hydrogens (tertiary/aromatic N) is 3. The summed E-state index contributed by atoms with van der Waals surface area (Å²) in [7, 11) is 2.86. The lowest BCUT2D eigenvalue weighted by Gasteiger charge is -2.51. The van der Waals surface area contributed by atoms with Crippen molar-refractivity contribution in [1.29, 1.82) is 0 Å². The summed E-state index contributed by atoms with van der Waals surface area (Å²) in [4.78, 5) is 72.2. The summed E-state index contributed by atoms with van der Waals surface area (Å²) in [6.45, 7) is 0. The fourth-order valence-corrected chi connectivity index (χ4v) is 9.41. The number of ether oxygens (including phenoxy) is 2. The molecule has 0 spiro atoms. The Morgan fingerprint density at radius 3 is 2.23 bits per heavy atom. The minimum atomic E-state index is -1.65. The molecule has 1 saturated carbocycles. The van der Waals surface area contributed by atoms with E-state index < -0.39 is 63.6 Å². The van der Waals surface area contributed by atoms with Crippen LogP contribution in [0.5, 0.6) is 17.2 Å². The van der Waals surface area contributed by atoms with Crippen LogP contribution in [0.2, 0.25) is 5.02 Å². The van der Waals surface area contributed by atoms with E-state index in [9.17, 15) is 29.6 Å². The summed E-state index contributed by atoms with van der Waals surface area (Å²) in [6, 6.07) is 23.7. The first kappa shape index (κ1) is 34.1. The number of phenolic OH excluding ortho intramolecular Hbond substituents is 1. The molecule has 12 nitrogen and oxygen atoms in total. The van der Waals surface area contributed by atoms with E-state index in [1.165, 1.54) is 50.6 Å². The molecule has 2 aliphatic carbocycles. The average molecular weight is 734 g/mol. The number of hydrogen-bond donors (Lipinski definition) is 1. The van der Waals surface area contributed by atoms with Gasteiger partial charge in [0.05, 0.1) is 53.7 Å². The normalized spacial score (nSPS) is 26.2. The summed E-state index contributed by atoms with van der Waals surface area (Å²) in [5.74, 6) is -6.59. The van der Waals surface area contributed by atoms with Crippen LogP contribution >= 0.6 is 11.6 Å². The van der Waals surface area contributed by atoms with Gasteiger partial charge in [-0.05, 0) is 48.6 Å². The van der Waals surface area contributed by atoms with E-state index in [0.29, 0.717) is 16.2 Å². The zero-order chi connectivity index (χ0) is 37.3. The summed E-state index contributed by atoms with van der Waals surface area (Å²) >= 11 is 6.39. The van der Waals surface area contributed by atoms with Gasteiger partial charge in [-0.1, -0.05) is 65.7 Å². The highest BCUT2D eigenvalue weighted by Gasteiger charge is 2.71. The summed E-state index contributed by atoms with van der Waals surface area (Å²) in [6.07, 6.45) is 1.97. The number of nitro benzene ring substituents is 1. The molecule has 8 rings (SSSR count). The molecule has 0 radical (unpaired) electrons. The maximum atomic E-state index is 15.4. The van der Waals surface area contributed by atoms with Gasteiger partial charge in [-0.2, -0.15) is 0 Å². The Labute approximate surface area is 308 Å². The highest BCUT2D eigenvalue weighted by Crippen LogP contribution is 2.66. The van der Waals surface area contributed by atoms with Gasteiger partial charge in [0.25, 0.3) is 5.69 Å². The first-order valence-electron chi connectivity index (χ1n) is 17.0. The van der Waals surface area contributed by atoms with Crippen LogP contribution in [0.4, 0.5) is 17.1 Å². The maximum Gasteiger partial charge on any atom is 0.271 e. The van der Waals surface area contributed by atoms with E-state index in [2.05, 4.69) is 0 Å². The third kappa shape index (κ3) is 4.88. The Morgan fingerprint density at radius 2 is 1.55 bits per heavy atom. The molecule has 13 heteroatoms. The van der Waals surface area contributed by atoms with Crippen LogP contribution < -0.4 is 19.3 Å². The van der Waals surface area contributed by atoms with Gasteiger partial charge in [0.15, 0.2) is 0 Å². The number of halogens is 1. The van der Waals surface area contributed by atoms with Crippen LogP contribution in [0.15, 0.2) is 103 Å². The van der Waals surface area contributed by atoms with Crippen molar-refractivity contribution in [2.24, 2.45) is 23.7 Å². The molecule has 4 aromatic rings. The first-order chi connectivity index (χ1) is 25.5. The lowest BCUT2D eigenvalue weighted by Crippen LogP contribution is -2.53. The standard InChI is InChI=1S/C40H32ClN3O9/c1-52-26-18-31(45)34(32(19-26)53-2)35-27-14-15-28-33(38(48)42(36(28)46)24-12-7-13-25(17-24)44(50)51)29(27)20-30-37(47)43(23-11-6-10-22(41)16-23)39(49)40(30,35)21-8-4-3-5-9-21/h3-14,16-19,28-30,33,35,45H,15,20H2,1-2H3. The van der Waals surface area contributed by atoms with Crippen molar-refractivity contribution in [3.8, 4) is 17.2 Å². The van der Waals surface area contributed by atoms with Crippen LogP contribution in [0, 0.1) is 33.8 Å². The summed E-state index contributed by atoms with van der Waals surface area (Å²) < 4.78 is 11.3. The molecule has 1 N–H and O–H groups in total. The third-order valence-corrected chi connectivity index (χ3v) is 11.5. The SMILES string of the molecule is COc1cc(O)c(C2C3=CCC4C(=O)N(c5cccc([N+](=O)[O-])c5)C(=O)C4C3CC3C(=O)N(c4cccc(Cl)c4)C(=O)C32c2ccccc2)c(OC)c1. The Morgan fingerprint density at radius 1 is 0.830 bits per heavy atom. The molecule has 2 heterocycles. The number of non-ortho nitro benzene ring substituents is 1.